The van der Waals surface area contributed by atoms with E-state index < -0.39 is 0 Å². The molecule has 0 radical (unpaired) electrons. The molecule has 0 unspecified atom stereocenters. The molecule has 3 heteroatoms. The third-order valence-electron chi connectivity index (χ3n) is 9.64. The maximum atomic E-state index is 10.5. The molecule has 0 saturated heterocycles. The lowest BCUT2D eigenvalue weighted by molar-refractivity contribution is 1.17. The topological polar surface area (TPSA) is 52.5 Å². The van der Waals surface area contributed by atoms with E-state index in [4.69, 9.17) is 0 Å². The van der Waals surface area contributed by atoms with E-state index in [0.29, 0.717) is 11.1 Å². The van der Waals surface area contributed by atoms with Gasteiger partial charge >= 0.3 is 0 Å². The number of hydrogen-bond acceptors (Lipinski definition) is 2. The van der Waals surface area contributed by atoms with Gasteiger partial charge in [-0.25, -0.2) is 0 Å². The van der Waals surface area contributed by atoms with Gasteiger partial charge in [0.1, 0.15) is 6.07 Å². The summed E-state index contributed by atoms with van der Waals surface area (Å²) in [5.41, 5.74) is 10.8. The largest absolute Gasteiger partial charge is 0.308 e. The molecular weight excluding hydrogens is 595 g/mol. The van der Waals surface area contributed by atoms with Crippen molar-refractivity contribution in [3.63, 3.8) is 0 Å². The highest BCUT2D eigenvalue weighted by atomic mass is 15.0. The van der Waals surface area contributed by atoms with Crippen molar-refractivity contribution >= 4 is 43.4 Å². The Labute approximate surface area is 283 Å². The van der Waals surface area contributed by atoms with Gasteiger partial charge in [0, 0.05) is 10.8 Å². The Kier molecular flexibility index (Phi) is 6.58. The minimum Gasteiger partial charge on any atom is -0.308 e. The Balaban J connectivity index is 1.22. The average Bonchev–Trinajstić information content (AvgIpc) is 3.50. The number of aromatic nitrogens is 1. The quantitative estimate of drug-likeness (QED) is 0.184. The zero-order chi connectivity index (χ0) is 32.9. The molecule has 9 aromatic rings. The molecule has 1 aromatic heterocycles. The van der Waals surface area contributed by atoms with Gasteiger partial charge in [-0.3, -0.25) is 0 Å². The summed E-state index contributed by atoms with van der Waals surface area (Å²) >= 11 is 0. The van der Waals surface area contributed by atoms with E-state index in [1.54, 1.807) is 0 Å². The predicted octanol–water partition coefficient (Wildman–Crippen LogP) is 11.8. The lowest BCUT2D eigenvalue weighted by Gasteiger charge is -2.18. The highest BCUT2D eigenvalue weighted by Crippen LogP contribution is 2.44. The van der Waals surface area contributed by atoms with E-state index >= 15 is 0 Å². The molecule has 0 N–H and O–H groups in total. The third kappa shape index (κ3) is 4.49. The number of fused-ring (bicyclic) bond motifs is 5. The minimum absolute atomic E-state index is 0.582. The highest BCUT2D eigenvalue weighted by molar-refractivity contribution is 6.21. The fourth-order valence-electron chi connectivity index (χ4n) is 7.51. The zero-order valence-electron chi connectivity index (χ0n) is 26.4. The van der Waals surface area contributed by atoms with Gasteiger partial charge in [-0.2, -0.15) is 10.5 Å². The molecule has 0 aliphatic carbocycles. The highest BCUT2D eigenvalue weighted by Gasteiger charge is 2.18. The van der Waals surface area contributed by atoms with Crippen LogP contribution in [0.5, 0.6) is 0 Å². The van der Waals surface area contributed by atoms with Crippen LogP contribution >= 0.6 is 0 Å². The van der Waals surface area contributed by atoms with Crippen molar-refractivity contribution in [2.45, 2.75) is 0 Å². The number of nitrogens with zero attached hydrogens (tertiary/aromatic N) is 3. The van der Waals surface area contributed by atoms with Crippen LogP contribution in [0.3, 0.4) is 0 Å². The molecule has 0 amide bonds. The first-order valence-electron chi connectivity index (χ1n) is 16.3. The number of rotatable bonds is 4. The normalized spacial score (nSPS) is 11.2. The van der Waals surface area contributed by atoms with Crippen molar-refractivity contribution in [1.29, 1.82) is 10.5 Å². The van der Waals surface area contributed by atoms with Crippen LogP contribution in [0.4, 0.5) is 0 Å². The van der Waals surface area contributed by atoms with Gasteiger partial charge in [0.25, 0.3) is 0 Å². The number of benzene rings is 8. The summed E-state index contributed by atoms with van der Waals surface area (Å²) in [6.07, 6.45) is 0. The molecule has 1 heterocycles. The first-order chi connectivity index (χ1) is 24.2. The summed E-state index contributed by atoms with van der Waals surface area (Å²) in [7, 11) is 0. The molecule has 0 spiro atoms. The average molecular weight is 622 g/mol. The van der Waals surface area contributed by atoms with Crippen molar-refractivity contribution in [1.82, 2.24) is 4.57 Å². The molecule has 0 aliphatic heterocycles. The molecule has 0 atom stereocenters. The van der Waals surface area contributed by atoms with Gasteiger partial charge in [-0.1, -0.05) is 121 Å². The Hall–Kier alpha value is -6.94. The SMILES string of the molecule is N#Cc1ccc2c(c1)c1ccccc1n2-c1ccc(-c2cccc(-c3c4ccccc4c(-c4ccccc4)c4ccccc34)c2)cc1C#N. The van der Waals surface area contributed by atoms with E-state index in [1.807, 2.05) is 42.5 Å². The molecule has 9 rings (SSSR count). The van der Waals surface area contributed by atoms with Crippen LogP contribution in [0, 0.1) is 22.7 Å². The summed E-state index contributed by atoms with van der Waals surface area (Å²) in [5, 5.41) is 27.0. The Morgan fingerprint density at radius 3 is 1.59 bits per heavy atom. The van der Waals surface area contributed by atoms with Crippen molar-refractivity contribution in [3.8, 4) is 51.2 Å². The van der Waals surface area contributed by atoms with Crippen LogP contribution in [0.1, 0.15) is 11.1 Å². The monoisotopic (exact) mass is 621 g/mol. The molecule has 226 valence electrons. The predicted molar refractivity (Wildman–Crippen MR) is 202 cm³/mol. The second-order valence-corrected chi connectivity index (χ2v) is 12.3. The van der Waals surface area contributed by atoms with E-state index in [9.17, 15) is 10.5 Å². The first-order valence-corrected chi connectivity index (χ1v) is 16.3. The standard InChI is InChI=1S/C46H27N3/c47-28-30-21-23-44-41(25-30)36-15-8-9-20-43(36)49(44)42-24-22-33(27-35(42)29-48)32-13-10-14-34(26-32)46-39-18-6-4-16-37(39)45(31-11-2-1-3-12-31)38-17-5-7-19-40(38)46/h1-27H. The maximum absolute atomic E-state index is 10.5. The van der Waals surface area contributed by atoms with Gasteiger partial charge in [-0.05, 0) is 97.4 Å². The number of hydrogen-bond donors (Lipinski definition) is 0. The van der Waals surface area contributed by atoms with Gasteiger partial charge in [0.05, 0.1) is 33.9 Å². The fourth-order valence-corrected chi connectivity index (χ4v) is 7.51. The lowest BCUT2D eigenvalue weighted by Crippen LogP contribution is -1.98. The maximum Gasteiger partial charge on any atom is 0.101 e. The summed E-state index contributed by atoms with van der Waals surface area (Å²) in [5.74, 6) is 0. The van der Waals surface area contributed by atoms with E-state index in [-0.39, 0.29) is 0 Å². The van der Waals surface area contributed by atoms with Crippen LogP contribution < -0.4 is 0 Å². The van der Waals surface area contributed by atoms with E-state index in [1.165, 1.54) is 38.2 Å². The summed E-state index contributed by atoms with van der Waals surface area (Å²) < 4.78 is 2.14. The van der Waals surface area contributed by atoms with Crippen LogP contribution in [0.15, 0.2) is 164 Å². The fraction of sp³-hybridized carbons (Fsp3) is 0. The molecular formula is C46H27N3. The lowest BCUT2D eigenvalue weighted by atomic mass is 9.85. The number of nitriles is 2. The van der Waals surface area contributed by atoms with Crippen LogP contribution in [0.2, 0.25) is 0 Å². The van der Waals surface area contributed by atoms with Crippen molar-refractivity contribution in [2.24, 2.45) is 0 Å². The van der Waals surface area contributed by atoms with Crippen LogP contribution in [0.25, 0.3) is 82.4 Å². The van der Waals surface area contributed by atoms with Crippen molar-refractivity contribution in [3.05, 3.63) is 175 Å². The van der Waals surface area contributed by atoms with E-state index in [2.05, 4.69) is 138 Å². The van der Waals surface area contributed by atoms with Gasteiger partial charge in [0.2, 0.25) is 0 Å². The summed E-state index contributed by atoms with van der Waals surface area (Å²) in [6, 6.07) is 61.5. The number of para-hydroxylation sites is 1. The second-order valence-electron chi connectivity index (χ2n) is 12.3. The first kappa shape index (κ1) is 28.3. The van der Waals surface area contributed by atoms with Crippen molar-refractivity contribution in [2.75, 3.05) is 0 Å². The zero-order valence-corrected chi connectivity index (χ0v) is 26.4. The third-order valence-corrected chi connectivity index (χ3v) is 9.64. The molecule has 0 fully saturated rings. The summed E-state index contributed by atoms with van der Waals surface area (Å²) in [4.78, 5) is 0. The molecule has 8 aromatic carbocycles. The Morgan fingerprint density at radius 1 is 0.367 bits per heavy atom. The molecule has 0 bridgehead atoms. The molecule has 49 heavy (non-hydrogen) atoms. The summed E-state index contributed by atoms with van der Waals surface area (Å²) in [6.45, 7) is 0. The molecule has 0 aliphatic rings. The van der Waals surface area contributed by atoms with Crippen LogP contribution in [-0.2, 0) is 0 Å². The molecule has 0 saturated carbocycles. The van der Waals surface area contributed by atoms with Gasteiger partial charge in [0.15, 0.2) is 0 Å². The van der Waals surface area contributed by atoms with E-state index in [0.717, 1.165) is 44.2 Å². The van der Waals surface area contributed by atoms with Crippen molar-refractivity contribution < 1.29 is 0 Å². The minimum atomic E-state index is 0.582. The Morgan fingerprint density at radius 2 is 0.918 bits per heavy atom. The smallest absolute Gasteiger partial charge is 0.101 e. The molecule has 3 nitrogen and oxygen atoms in total. The second kappa shape index (κ2) is 11.4. The van der Waals surface area contributed by atoms with Crippen LogP contribution in [-0.4, -0.2) is 4.57 Å². The Bertz CT molecular complexity index is 2790. The van der Waals surface area contributed by atoms with Gasteiger partial charge < -0.3 is 4.57 Å². The van der Waals surface area contributed by atoms with Gasteiger partial charge in [-0.15, -0.1) is 0 Å².